The molecule has 0 aliphatic carbocycles. The minimum Gasteiger partial charge on any atom is -0.326 e. The van der Waals surface area contributed by atoms with E-state index in [-0.39, 0.29) is 18.1 Å². The van der Waals surface area contributed by atoms with E-state index in [1.165, 1.54) is 0 Å². The summed E-state index contributed by atoms with van der Waals surface area (Å²) >= 11 is 3.35. The van der Waals surface area contributed by atoms with Gasteiger partial charge in [-0.2, -0.15) is 0 Å². The Morgan fingerprint density at radius 1 is 1.00 bits per heavy atom. The van der Waals surface area contributed by atoms with Gasteiger partial charge in [0.15, 0.2) is 0 Å². The number of halogens is 1. The molecule has 0 atom stereocenters. The van der Waals surface area contributed by atoms with Crippen LogP contribution in [0.3, 0.4) is 0 Å². The molecule has 0 spiro atoms. The van der Waals surface area contributed by atoms with E-state index in [1.54, 1.807) is 31.2 Å². The zero-order valence-corrected chi connectivity index (χ0v) is 14.9. The SMILES string of the molecule is CCS(=O)(=O)Nc1ccc(NC(=O)Cc2ccc(Br)cc2)cc1. The second-order valence-corrected chi connectivity index (χ2v) is 7.86. The van der Waals surface area contributed by atoms with E-state index < -0.39 is 10.0 Å². The van der Waals surface area contributed by atoms with Crippen molar-refractivity contribution in [3.63, 3.8) is 0 Å². The molecule has 0 unspecified atom stereocenters. The monoisotopic (exact) mass is 396 g/mol. The highest BCUT2D eigenvalue weighted by molar-refractivity contribution is 9.10. The molecule has 2 aromatic carbocycles. The fraction of sp³-hybridized carbons (Fsp3) is 0.188. The Hall–Kier alpha value is -1.86. The first-order valence-electron chi connectivity index (χ1n) is 7.03. The van der Waals surface area contributed by atoms with Crippen LogP contribution in [0.2, 0.25) is 0 Å². The Morgan fingerprint density at radius 2 is 1.57 bits per heavy atom. The van der Waals surface area contributed by atoms with Crippen molar-refractivity contribution in [1.29, 1.82) is 0 Å². The molecule has 0 saturated heterocycles. The lowest BCUT2D eigenvalue weighted by Crippen LogP contribution is -2.15. The second-order valence-electron chi connectivity index (χ2n) is 4.93. The van der Waals surface area contributed by atoms with Crippen molar-refractivity contribution >= 4 is 43.2 Å². The van der Waals surface area contributed by atoms with Gasteiger partial charge in [-0.15, -0.1) is 0 Å². The molecule has 2 N–H and O–H groups in total. The molecule has 7 heteroatoms. The van der Waals surface area contributed by atoms with E-state index in [9.17, 15) is 13.2 Å². The zero-order chi connectivity index (χ0) is 16.9. The largest absolute Gasteiger partial charge is 0.326 e. The van der Waals surface area contributed by atoms with Crippen molar-refractivity contribution in [1.82, 2.24) is 0 Å². The van der Waals surface area contributed by atoms with Crippen molar-refractivity contribution in [2.75, 3.05) is 15.8 Å². The lowest BCUT2D eigenvalue weighted by atomic mass is 10.1. The highest BCUT2D eigenvalue weighted by Crippen LogP contribution is 2.16. The smallest absolute Gasteiger partial charge is 0.232 e. The number of sulfonamides is 1. The van der Waals surface area contributed by atoms with Gasteiger partial charge in [-0.25, -0.2) is 8.42 Å². The van der Waals surface area contributed by atoms with Gasteiger partial charge in [0.1, 0.15) is 0 Å². The number of rotatable bonds is 6. The molecule has 0 aliphatic rings. The highest BCUT2D eigenvalue weighted by atomic mass is 79.9. The molecule has 23 heavy (non-hydrogen) atoms. The molecule has 0 fully saturated rings. The molecule has 0 heterocycles. The van der Waals surface area contributed by atoms with Gasteiger partial charge >= 0.3 is 0 Å². The van der Waals surface area contributed by atoms with Crippen LogP contribution in [0.4, 0.5) is 11.4 Å². The average Bonchev–Trinajstić information content (AvgIpc) is 2.51. The number of amides is 1. The fourth-order valence-corrected chi connectivity index (χ4v) is 2.77. The van der Waals surface area contributed by atoms with E-state index in [2.05, 4.69) is 26.0 Å². The summed E-state index contributed by atoms with van der Waals surface area (Å²) in [4.78, 5) is 12.0. The Kier molecular flexibility index (Phi) is 5.79. The van der Waals surface area contributed by atoms with Crippen molar-refractivity contribution < 1.29 is 13.2 Å². The van der Waals surface area contributed by atoms with Crippen LogP contribution in [0.25, 0.3) is 0 Å². The molecule has 5 nitrogen and oxygen atoms in total. The number of hydrogen-bond donors (Lipinski definition) is 2. The molecule has 2 rings (SSSR count). The van der Waals surface area contributed by atoms with Crippen LogP contribution in [0.5, 0.6) is 0 Å². The summed E-state index contributed by atoms with van der Waals surface area (Å²) < 4.78 is 26.4. The topological polar surface area (TPSA) is 75.3 Å². The molecule has 0 aliphatic heterocycles. The maximum atomic E-state index is 12.0. The first-order chi connectivity index (χ1) is 10.9. The minimum atomic E-state index is -3.29. The van der Waals surface area contributed by atoms with E-state index in [0.29, 0.717) is 11.4 Å². The Bertz CT molecular complexity index is 772. The molecular formula is C16H17BrN2O3S. The lowest BCUT2D eigenvalue weighted by Gasteiger charge is -2.08. The van der Waals surface area contributed by atoms with Crippen LogP contribution < -0.4 is 10.0 Å². The van der Waals surface area contributed by atoms with Gasteiger partial charge in [-0.05, 0) is 48.9 Å². The summed E-state index contributed by atoms with van der Waals surface area (Å²) in [7, 11) is -3.29. The highest BCUT2D eigenvalue weighted by Gasteiger charge is 2.07. The molecule has 0 bridgehead atoms. The Balaban J connectivity index is 1.95. The Morgan fingerprint density at radius 3 is 2.13 bits per heavy atom. The average molecular weight is 397 g/mol. The molecule has 2 aromatic rings. The van der Waals surface area contributed by atoms with Crippen LogP contribution >= 0.6 is 15.9 Å². The van der Waals surface area contributed by atoms with Crippen LogP contribution in [0.15, 0.2) is 53.0 Å². The molecule has 0 radical (unpaired) electrons. The van der Waals surface area contributed by atoms with Crippen molar-refractivity contribution in [3.05, 3.63) is 58.6 Å². The zero-order valence-electron chi connectivity index (χ0n) is 12.5. The fourth-order valence-electron chi connectivity index (χ4n) is 1.87. The summed E-state index contributed by atoms with van der Waals surface area (Å²) in [5.74, 6) is -0.118. The number of hydrogen-bond acceptors (Lipinski definition) is 3. The van der Waals surface area contributed by atoms with Gasteiger partial charge in [0, 0.05) is 15.8 Å². The number of carbonyl (C=O) groups is 1. The van der Waals surface area contributed by atoms with E-state index >= 15 is 0 Å². The van der Waals surface area contributed by atoms with E-state index in [4.69, 9.17) is 0 Å². The number of nitrogens with one attached hydrogen (secondary N) is 2. The normalized spacial score (nSPS) is 11.0. The van der Waals surface area contributed by atoms with Gasteiger partial charge in [-0.3, -0.25) is 9.52 Å². The van der Waals surface area contributed by atoms with Gasteiger partial charge in [-0.1, -0.05) is 28.1 Å². The summed E-state index contributed by atoms with van der Waals surface area (Å²) in [5, 5.41) is 2.78. The van der Waals surface area contributed by atoms with Gasteiger partial charge in [0.2, 0.25) is 15.9 Å². The summed E-state index contributed by atoms with van der Waals surface area (Å²) in [5.41, 5.74) is 2.00. The van der Waals surface area contributed by atoms with Crippen molar-refractivity contribution in [2.24, 2.45) is 0 Å². The number of benzene rings is 2. The van der Waals surface area contributed by atoms with Crippen LogP contribution in [0, 0.1) is 0 Å². The van der Waals surface area contributed by atoms with Gasteiger partial charge in [0.25, 0.3) is 0 Å². The second kappa shape index (κ2) is 7.61. The molecule has 1 amide bonds. The number of anilines is 2. The van der Waals surface area contributed by atoms with E-state index in [0.717, 1.165) is 10.0 Å². The quantitative estimate of drug-likeness (QED) is 0.785. The first kappa shape index (κ1) is 17.5. The maximum Gasteiger partial charge on any atom is 0.232 e. The standard InChI is InChI=1S/C16H17BrN2O3S/c1-2-23(21,22)19-15-9-7-14(8-10-15)18-16(20)11-12-3-5-13(17)6-4-12/h3-10,19H,2,11H2,1H3,(H,18,20). The van der Waals surface area contributed by atoms with Gasteiger partial charge < -0.3 is 5.32 Å². The third-order valence-electron chi connectivity index (χ3n) is 3.10. The summed E-state index contributed by atoms with van der Waals surface area (Å²) in [6.45, 7) is 1.57. The molecule has 0 aromatic heterocycles. The molecule has 0 saturated carbocycles. The summed E-state index contributed by atoms with van der Waals surface area (Å²) in [6.07, 6.45) is 0.275. The van der Waals surface area contributed by atoms with Crippen LogP contribution in [-0.4, -0.2) is 20.1 Å². The van der Waals surface area contributed by atoms with Crippen molar-refractivity contribution in [2.45, 2.75) is 13.3 Å². The first-order valence-corrected chi connectivity index (χ1v) is 9.47. The van der Waals surface area contributed by atoms with Crippen molar-refractivity contribution in [3.8, 4) is 0 Å². The third-order valence-corrected chi connectivity index (χ3v) is 4.94. The van der Waals surface area contributed by atoms with Gasteiger partial charge in [0.05, 0.1) is 12.2 Å². The predicted octanol–water partition coefficient (Wildman–Crippen LogP) is 3.39. The third kappa shape index (κ3) is 5.69. The molecular weight excluding hydrogens is 380 g/mol. The molecule has 122 valence electrons. The summed E-state index contributed by atoms with van der Waals surface area (Å²) in [6, 6.07) is 14.1. The lowest BCUT2D eigenvalue weighted by molar-refractivity contribution is -0.115. The van der Waals surface area contributed by atoms with Crippen LogP contribution in [0.1, 0.15) is 12.5 Å². The predicted molar refractivity (Wildman–Crippen MR) is 96.0 cm³/mol. The maximum absolute atomic E-state index is 12.0. The van der Waals surface area contributed by atoms with E-state index in [1.807, 2.05) is 24.3 Å². The number of carbonyl (C=O) groups excluding carboxylic acids is 1. The Labute approximate surface area is 144 Å². The minimum absolute atomic E-state index is 0.0126. The van der Waals surface area contributed by atoms with Crippen LogP contribution in [-0.2, 0) is 21.2 Å².